The fourth-order valence-corrected chi connectivity index (χ4v) is 7.16. The molecule has 0 saturated carbocycles. The Balaban J connectivity index is 0. The number of methoxy groups -OCH3 is 1. The SMILES string of the molecule is CCCCCCCCCCCCCCCC(=O)OC[C@H](CSC[C@H](N)C(=O)N[C@@H](CO)C(=O)OC)OC(=O)CCCCCCCCCCCCCCC.Cl. The predicted molar refractivity (Wildman–Crippen MR) is 225 cm³/mol. The van der Waals surface area contributed by atoms with Gasteiger partial charge >= 0.3 is 17.9 Å². The van der Waals surface area contributed by atoms with Crippen molar-refractivity contribution in [1.29, 1.82) is 0 Å². The molecular weight excluding hydrogens is 728 g/mol. The highest BCUT2D eigenvalue weighted by molar-refractivity contribution is 7.99. The van der Waals surface area contributed by atoms with Crippen molar-refractivity contribution in [3.8, 4) is 0 Å². The molecule has 0 heterocycles. The molecule has 4 N–H and O–H groups in total. The number of amides is 1. The van der Waals surface area contributed by atoms with Crippen molar-refractivity contribution in [2.75, 3.05) is 31.8 Å². The van der Waals surface area contributed by atoms with Gasteiger partial charge in [0.2, 0.25) is 5.91 Å². The van der Waals surface area contributed by atoms with Crippen molar-refractivity contribution in [1.82, 2.24) is 5.32 Å². The van der Waals surface area contributed by atoms with Gasteiger partial charge in [-0.15, -0.1) is 12.4 Å². The number of aliphatic hydroxyl groups excluding tert-OH is 1. The third kappa shape index (κ3) is 34.9. The number of hydrogen-bond donors (Lipinski definition) is 3. The van der Waals surface area contributed by atoms with E-state index in [9.17, 15) is 24.3 Å². The van der Waals surface area contributed by atoms with E-state index in [0.717, 1.165) is 38.5 Å². The summed E-state index contributed by atoms with van der Waals surface area (Å²) >= 11 is 1.29. The van der Waals surface area contributed by atoms with E-state index in [-0.39, 0.29) is 42.5 Å². The van der Waals surface area contributed by atoms with Crippen LogP contribution in [0.3, 0.4) is 0 Å². The zero-order valence-corrected chi connectivity index (χ0v) is 36.2. The van der Waals surface area contributed by atoms with Crippen molar-refractivity contribution in [2.24, 2.45) is 5.73 Å². The molecule has 320 valence electrons. The number of nitrogens with one attached hydrogen (secondary N) is 1. The van der Waals surface area contributed by atoms with E-state index in [1.165, 1.54) is 147 Å². The summed E-state index contributed by atoms with van der Waals surface area (Å²) in [5.41, 5.74) is 6.01. The molecule has 0 aliphatic heterocycles. The van der Waals surface area contributed by atoms with Crippen LogP contribution in [0.4, 0.5) is 0 Å². The Kier molecular flexibility index (Phi) is 41.5. The van der Waals surface area contributed by atoms with Crippen LogP contribution in [-0.2, 0) is 33.4 Å². The van der Waals surface area contributed by atoms with Crippen LogP contribution >= 0.6 is 24.2 Å². The maximum absolute atomic E-state index is 12.7. The quantitative estimate of drug-likeness (QED) is 0.0311. The summed E-state index contributed by atoms with van der Waals surface area (Å²) in [6.07, 6.45) is 31.9. The van der Waals surface area contributed by atoms with Gasteiger partial charge in [0.25, 0.3) is 0 Å². The maximum Gasteiger partial charge on any atom is 0.330 e. The van der Waals surface area contributed by atoms with Gasteiger partial charge in [0.15, 0.2) is 6.04 Å². The number of hydrogen-bond acceptors (Lipinski definition) is 10. The van der Waals surface area contributed by atoms with Gasteiger partial charge in [-0.3, -0.25) is 14.4 Å². The molecule has 1 amide bonds. The van der Waals surface area contributed by atoms with Crippen molar-refractivity contribution >= 4 is 48.0 Å². The third-order valence-electron chi connectivity index (χ3n) is 9.62. The van der Waals surface area contributed by atoms with Crippen LogP contribution in [0.15, 0.2) is 0 Å². The summed E-state index contributed by atoms with van der Waals surface area (Å²) in [5, 5.41) is 11.8. The first-order chi connectivity index (χ1) is 25.8. The largest absolute Gasteiger partial charge is 0.467 e. The topological polar surface area (TPSA) is 154 Å². The number of halogens is 1. The molecule has 0 bridgehead atoms. The van der Waals surface area contributed by atoms with Gasteiger partial charge in [-0.2, -0.15) is 11.8 Å². The van der Waals surface area contributed by atoms with Crippen molar-refractivity contribution in [2.45, 2.75) is 212 Å². The number of nitrogens with two attached hydrogens (primary N) is 1. The van der Waals surface area contributed by atoms with E-state index in [4.69, 9.17) is 15.2 Å². The van der Waals surface area contributed by atoms with Crippen LogP contribution < -0.4 is 11.1 Å². The Bertz CT molecular complexity index is 900. The molecule has 12 heteroatoms. The van der Waals surface area contributed by atoms with Crippen LogP contribution in [-0.4, -0.2) is 78.9 Å². The van der Waals surface area contributed by atoms with E-state index >= 15 is 0 Å². The summed E-state index contributed by atoms with van der Waals surface area (Å²) < 4.78 is 15.8. The summed E-state index contributed by atoms with van der Waals surface area (Å²) in [7, 11) is 1.17. The lowest BCUT2D eigenvalue weighted by atomic mass is 10.0. The number of esters is 3. The molecule has 0 aromatic heterocycles. The molecule has 0 fully saturated rings. The number of ether oxygens (including phenoxy) is 3. The van der Waals surface area contributed by atoms with Crippen LogP contribution in [0, 0.1) is 0 Å². The highest BCUT2D eigenvalue weighted by Crippen LogP contribution is 2.16. The highest BCUT2D eigenvalue weighted by atomic mass is 35.5. The first kappa shape index (κ1) is 54.5. The van der Waals surface area contributed by atoms with Gasteiger partial charge in [-0.25, -0.2) is 4.79 Å². The Morgan fingerprint density at radius 3 is 1.39 bits per heavy atom. The van der Waals surface area contributed by atoms with E-state index in [2.05, 4.69) is 23.9 Å². The second-order valence-electron chi connectivity index (χ2n) is 14.7. The number of rotatable bonds is 39. The number of carbonyl (C=O) groups excluding carboxylic acids is 4. The lowest BCUT2D eigenvalue weighted by molar-refractivity contribution is -0.157. The van der Waals surface area contributed by atoms with E-state index in [0.29, 0.717) is 12.8 Å². The molecule has 0 radical (unpaired) electrons. The molecule has 0 aromatic carbocycles. The van der Waals surface area contributed by atoms with Crippen LogP contribution in [0.25, 0.3) is 0 Å². The monoisotopic (exact) mass is 809 g/mol. The molecular formula is C42H81ClN2O8S. The molecule has 0 aliphatic carbocycles. The van der Waals surface area contributed by atoms with Crippen molar-refractivity contribution in [3.63, 3.8) is 0 Å². The molecule has 0 aliphatic rings. The van der Waals surface area contributed by atoms with Gasteiger partial charge in [-0.1, -0.05) is 168 Å². The van der Waals surface area contributed by atoms with Gasteiger partial charge in [0.1, 0.15) is 12.7 Å². The highest BCUT2D eigenvalue weighted by Gasteiger charge is 2.24. The molecule has 54 heavy (non-hydrogen) atoms. The summed E-state index contributed by atoms with van der Waals surface area (Å²) in [4.78, 5) is 49.4. The van der Waals surface area contributed by atoms with Crippen LogP contribution in [0.5, 0.6) is 0 Å². The molecule has 0 rings (SSSR count). The number of unbranched alkanes of at least 4 members (excludes halogenated alkanes) is 24. The minimum absolute atomic E-state index is 0. The average Bonchev–Trinajstić information content (AvgIpc) is 3.15. The summed E-state index contributed by atoms with van der Waals surface area (Å²) in [6, 6.07) is -2.17. The zero-order valence-electron chi connectivity index (χ0n) is 34.6. The van der Waals surface area contributed by atoms with Gasteiger partial charge < -0.3 is 30.4 Å². The maximum atomic E-state index is 12.7. The molecule has 0 saturated heterocycles. The Labute approximate surface area is 340 Å². The molecule has 0 aromatic rings. The normalized spacial score (nSPS) is 12.7. The van der Waals surface area contributed by atoms with Crippen LogP contribution in [0.1, 0.15) is 194 Å². The summed E-state index contributed by atoms with van der Waals surface area (Å²) in [6.45, 7) is 3.84. The Morgan fingerprint density at radius 2 is 1.00 bits per heavy atom. The van der Waals surface area contributed by atoms with Crippen molar-refractivity contribution in [3.05, 3.63) is 0 Å². The molecule has 0 unspecified atom stereocenters. The zero-order chi connectivity index (χ0) is 39.2. The predicted octanol–water partition coefficient (Wildman–Crippen LogP) is 9.54. The standard InChI is InChI=1S/C42H80N2O8S.ClH/c1-4-6-8-10-12-14-16-18-20-22-24-26-28-30-39(46)51-33-36(34-53-35-37(43)41(48)44-38(32-45)42(49)50-3)52-40(47)31-29-27-25-23-21-19-17-15-13-11-9-7-5-2;/h36-38,45H,4-35,43H2,1-3H3,(H,44,48);1H/t36-,37+,38+;/m1./s1. The average molecular weight is 810 g/mol. The van der Waals surface area contributed by atoms with Gasteiger partial charge in [0, 0.05) is 24.3 Å². The van der Waals surface area contributed by atoms with E-state index in [1.54, 1.807) is 0 Å². The Hall–Kier alpha value is -1.56. The molecule has 0 spiro atoms. The van der Waals surface area contributed by atoms with Gasteiger partial charge in [0.05, 0.1) is 19.8 Å². The molecule has 3 atom stereocenters. The lowest BCUT2D eigenvalue weighted by Crippen LogP contribution is -2.51. The van der Waals surface area contributed by atoms with E-state index in [1.807, 2.05) is 0 Å². The summed E-state index contributed by atoms with van der Waals surface area (Å²) in [5.74, 6) is -1.54. The second kappa shape index (κ2) is 41.1. The van der Waals surface area contributed by atoms with Crippen molar-refractivity contribution < 1.29 is 38.5 Å². The minimum Gasteiger partial charge on any atom is -0.467 e. The number of thioether (sulfide) groups is 1. The fraction of sp³-hybridized carbons (Fsp3) is 0.905. The second-order valence-corrected chi connectivity index (χ2v) is 15.8. The minimum atomic E-state index is -1.20. The fourth-order valence-electron chi connectivity index (χ4n) is 6.20. The molecule has 10 nitrogen and oxygen atoms in total. The smallest absolute Gasteiger partial charge is 0.330 e. The third-order valence-corrected chi connectivity index (χ3v) is 10.8. The first-order valence-corrected chi connectivity index (χ1v) is 22.6. The first-order valence-electron chi connectivity index (χ1n) is 21.5. The Morgan fingerprint density at radius 1 is 0.611 bits per heavy atom. The lowest BCUT2D eigenvalue weighted by Gasteiger charge is -2.20. The number of aliphatic hydroxyl groups is 1. The number of carbonyl (C=O) groups is 4. The van der Waals surface area contributed by atoms with E-state index < -0.39 is 36.7 Å². The van der Waals surface area contributed by atoms with Gasteiger partial charge in [-0.05, 0) is 12.8 Å². The van der Waals surface area contributed by atoms with Crippen LogP contribution in [0.2, 0.25) is 0 Å².